The number of nitrogens with two attached hydrogens (primary N) is 1. The highest BCUT2D eigenvalue weighted by Crippen LogP contribution is 2.15. The summed E-state index contributed by atoms with van der Waals surface area (Å²) in [6.45, 7) is 2.10. The molecule has 4 N–H and O–H groups in total. The molecule has 2 rings (SSSR count). The first-order chi connectivity index (χ1) is 9.51. The molecule has 9 nitrogen and oxygen atoms in total. The molecule has 0 saturated heterocycles. The Bertz CT molecular complexity index is 644. The summed E-state index contributed by atoms with van der Waals surface area (Å²) >= 11 is 0. The Hall–Kier alpha value is -2.84. The van der Waals surface area contributed by atoms with E-state index < -0.39 is 11.9 Å². The minimum Gasteiger partial charge on any atom is -0.476 e. The van der Waals surface area contributed by atoms with E-state index in [2.05, 4.69) is 15.5 Å². The van der Waals surface area contributed by atoms with Crippen molar-refractivity contribution < 1.29 is 14.7 Å². The van der Waals surface area contributed by atoms with Crippen LogP contribution in [0.3, 0.4) is 0 Å². The third-order valence-corrected chi connectivity index (χ3v) is 2.57. The monoisotopic (exact) mass is 278 g/mol. The van der Waals surface area contributed by atoms with Crippen molar-refractivity contribution in [2.45, 2.75) is 20.0 Å². The number of aromatic nitrogens is 4. The van der Waals surface area contributed by atoms with Gasteiger partial charge in [-0.15, -0.1) is 0 Å². The molecule has 0 bridgehead atoms. The van der Waals surface area contributed by atoms with Crippen molar-refractivity contribution in [1.29, 1.82) is 0 Å². The highest BCUT2D eigenvalue weighted by molar-refractivity contribution is 5.99. The van der Waals surface area contributed by atoms with Gasteiger partial charge in [-0.05, 0) is 6.92 Å². The van der Waals surface area contributed by atoms with Gasteiger partial charge in [0.05, 0.1) is 23.8 Å². The van der Waals surface area contributed by atoms with Gasteiger partial charge in [0, 0.05) is 12.7 Å². The summed E-state index contributed by atoms with van der Waals surface area (Å²) < 4.78 is 2.65. The van der Waals surface area contributed by atoms with Crippen LogP contribution in [-0.2, 0) is 17.9 Å². The Labute approximate surface area is 114 Å². The number of carbonyl (C=O) groups excluding carboxylic acids is 1. The van der Waals surface area contributed by atoms with Crippen LogP contribution < -0.4 is 11.1 Å². The molecule has 0 fully saturated rings. The lowest BCUT2D eigenvalue weighted by atomic mass is 10.3. The van der Waals surface area contributed by atoms with Gasteiger partial charge >= 0.3 is 5.97 Å². The standard InChI is InChI=1S/C11H14N6O3/c1-2-17-10(11(19)20)8(4-14-17)15-9(18)6-16-5-7(12)3-13-16/h3-5H,2,6,12H2,1H3,(H,15,18)(H,19,20). The number of nitrogens with zero attached hydrogens (tertiary/aromatic N) is 4. The van der Waals surface area contributed by atoms with Crippen LogP contribution >= 0.6 is 0 Å². The highest BCUT2D eigenvalue weighted by atomic mass is 16.4. The average molecular weight is 278 g/mol. The maximum atomic E-state index is 11.8. The molecule has 2 aromatic rings. The smallest absolute Gasteiger partial charge is 0.356 e. The number of rotatable bonds is 5. The lowest BCUT2D eigenvalue weighted by Crippen LogP contribution is -2.20. The molecule has 0 saturated carbocycles. The number of anilines is 2. The van der Waals surface area contributed by atoms with E-state index in [1.165, 1.54) is 28.0 Å². The largest absolute Gasteiger partial charge is 0.476 e. The quantitative estimate of drug-likeness (QED) is 0.707. The topological polar surface area (TPSA) is 128 Å². The average Bonchev–Trinajstić information content (AvgIpc) is 2.95. The molecule has 20 heavy (non-hydrogen) atoms. The van der Waals surface area contributed by atoms with E-state index in [4.69, 9.17) is 10.8 Å². The number of hydrogen-bond acceptors (Lipinski definition) is 5. The van der Waals surface area contributed by atoms with Gasteiger partial charge < -0.3 is 16.2 Å². The van der Waals surface area contributed by atoms with Crippen molar-refractivity contribution >= 4 is 23.3 Å². The van der Waals surface area contributed by atoms with E-state index in [1.54, 1.807) is 6.92 Å². The van der Waals surface area contributed by atoms with Crippen molar-refractivity contribution in [2.24, 2.45) is 0 Å². The Kier molecular flexibility index (Phi) is 3.69. The number of nitrogens with one attached hydrogen (secondary N) is 1. The minimum atomic E-state index is -1.15. The molecule has 2 aromatic heterocycles. The van der Waals surface area contributed by atoms with Gasteiger partial charge in [0.15, 0.2) is 5.69 Å². The number of hydrogen-bond donors (Lipinski definition) is 3. The molecule has 0 spiro atoms. The number of carbonyl (C=O) groups is 2. The molecule has 1 amide bonds. The van der Waals surface area contributed by atoms with E-state index in [0.717, 1.165) is 0 Å². The van der Waals surface area contributed by atoms with Crippen molar-refractivity contribution in [3.8, 4) is 0 Å². The number of aryl methyl sites for hydroxylation is 1. The number of carboxylic acid groups (broad SMARTS) is 1. The normalized spacial score (nSPS) is 10.4. The summed E-state index contributed by atoms with van der Waals surface area (Å²) in [5.74, 6) is -1.56. The number of amides is 1. The Morgan fingerprint density at radius 1 is 1.40 bits per heavy atom. The molecule has 0 unspecified atom stereocenters. The predicted octanol–water partition coefficient (Wildman–Crippen LogP) is 0.0186. The molecule has 0 aromatic carbocycles. The van der Waals surface area contributed by atoms with Crippen LogP contribution in [0.15, 0.2) is 18.6 Å². The maximum absolute atomic E-state index is 11.8. The zero-order valence-corrected chi connectivity index (χ0v) is 10.8. The summed E-state index contributed by atoms with van der Waals surface area (Å²) in [6.07, 6.45) is 4.24. The van der Waals surface area contributed by atoms with Gasteiger partial charge in [-0.2, -0.15) is 10.2 Å². The van der Waals surface area contributed by atoms with Gasteiger partial charge in [0.2, 0.25) is 5.91 Å². The van der Waals surface area contributed by atoms with Crippen LogP contribution in [0, 0.1) is 0 Å². The predicted molar refractivity (Wildman–Crippen MR) is 70.1 cm³/mol. The van der Waals surface area contributed by atoms with E-state index >= 15 is 0 Å². The van der Waals surface area contributed by atoms with E-state index in [9.17, 15) is 9.59 Å². The first-order valence-electron chi connectivity index (χ1n) is 5.88. The van der Waals surface area contributed by atoms with Crippen LogP contribution in [0.4, 0.5) is 11.4 Å². The van der Waals surface area contributed by atoms with Gasteiger partial charge in [0.25, 0.3) is 0 Å². The van der Waals surface area contributed by atoms with Crippen LogP contribution in [0.25, 0.3) is 0 Å². The second-order valence-electron chi connectivity index (χ2n) is 4.05. The van der Waals surface area contributed by atoms with Gasteiger partial charge in [0.1, 0.15) is 6.54 Å². The van der Waals surface area contributed by atoms with Gasteiger partial charge in [-0.3, -0.25) is 14.2 Å². The molecule has 106 valence electrons. The van der Waals surface area contributed by atoms with Crippen LogP contribution in [0.1, 0.15) is 17.4 Å². The van der Waals surface area contributed by atoms with Crippen molar-refractivity contribution in [1.82, 2.24) is 19.6 Å². The summed E-state index contributed by atoms with van der Waals surface area (Å²) in [6, 6.07) is 0. The minimum absolute atomic E-state index is 0.0548. The molecular weight excluding hydrogens is 264 g/mol. The second kappa shape index (κ2) is 5.43. The van der Waals surface area contributed by atoms with Crippen molar-refractivity contribution in [2.75, 3.05) is 11.1 Å². The third-order valence-electron chi connectivity index (χ3n) is 2.57. The molecule has 0 aliphatic rings. The third kappa shape index (κ3) is 2.76. The van der Waals surface area contributed by atoms with Crippen molar-refractivity contribution in [3.63, 3.8) is 0 Å². The fourth-order valence-corrected chi connectivity index (χ4v) is 1.75. The molecule has 0 aliphatic carbocycles. The number of nitrogen functional groups attached to an aromatic ring is 1. The first-order valence-corrected chi connectivity index (χ1v) is 5.88. The molecule has 0 atom stereocenters. The fraction of sp³-hybridized carbons (Fsp3) is 0.273. The summed E-state index contributed by atoms with van der Waals surface area (Å²) in [5, 5.41) is 19.4. The number of carboxylic acids is 1. The lowest BCUT2D eigenvalue weighted by Gasteiger charge is -2.05. The lowest BCUT2D eigenvalue weighted by molar-refractivity contribution is -0.116. The summed E-state index contributed by atoms with van der Waals surface area (Å²) in [5.41, 5.74) is 6.04. The fourth-order valence-electron chi connectivity index (χ4n) is 1.75. The SMILES string of the molecule is CCn1ncc(NC(=O)Cn2cc(N)cn2)c1C(=O)O. The Morgan fingerprint density at radius 3 is 2.70 bits per heavy atom. The zero-order valence-electron chi connectivity index (χ0n) is 10.8. The van der Waals surface area contributed by atoms with Crippen LogP contribution in [0.5, 0.6) is 0 Å². The highest BCUT2D eigenvalue weighted by Gasteiger charge is 2.18. The Balaban J connectivity index is 2.11. The second-order valence-corrected chi connectivity index (χ2v) is 4.05. The summed E-state index contributed by atoms with van der Waals surface area (Å²) in [4.78, 5) is 23.0. The number of aromatic carboxylic acids is 1. The van der Waals surface area contributed by atoms with E-state index in [1.807, 2.05) is 0 Å². The van der Waals surface area contributed by atoms with Gasteiger partial charge in [-0.25, -0.2) is 4.79 Å². The van der Waals surface area contributed by atoms with Crippen LogP contribution in [0.2, 0.25) is 0 Å². The van der Waals surface area contributed by atoms with E-state index in [0.29, 0.717) is 12.2 Å². The van der Waals surface area contributed by atoms with Crippen LogP contribution in [-0.4, -0.2) is 36.5 Å². The maximum Gasteiger partial charge on any atom is 0.356 e. The molecular formula is C11H14N6O3. The summed E-state index contributed by atoms with van der Waals surface area (Å²) in [7, 11) is 0. The van der Waals surface area contributed by atoms with Gasteiger partial charge in [-0.1, -0.05) is 0 Å². The molecule has 0 aliphatic heterocycles. The Morgan fingerprint density at radius 2 is 2.15 bits per heavy atom. The van der Waals surface area contributed by atoms with Crippen molar-refractivity contribution in [3.05, 3.63) is 24.3 Å². The molecule has 0 radical (unpaired) electrons. The van der Waals surface area contributed by atoms with E-state index in [-0.39, 0.29) is 17.9 Å². The zero-order chi connectivity index (χ0) is 14.7. The molecule has 2 heterocycles. The molecule has 9 heteroatoms. The first kappa shape index (κ1) is 13.6.